The van der Waals surface area contributed by atoms with E-state index in [1.807, 2.05) is 0 Å². The summed E-state index contributed by atoms with van der Waals surface area (Å²) >= 11 is 0. The fourth-order valence-electron chi connectivity index (χ4n) is 1.77. The number of benzene rings is 1. The maximum atomic E-state index is 13.3. The zero-order valence-corrected chi connectivity index (χ0v) is 12.2. The van der Waals surface area contributed by atoms with Crippen LogP contribution in [0.25, 0.3) is 0 Å². The molecule has 11 heteroatoms. The Morgan fingerprint density at radius 3 is 2.54 bits per heavy atom. The van der Waals surface area contributed by atoms with Gasteiger partial charge in [-0.3, -0.25) is 10.1 Å². The molecule has 2 rings (SSSR count). The lowest BCUT2D eigenvalue weighted by Crippen LogP contribution is -2.13. The molecule has 0 aliphatic heterocycles. The van der Waals surface area contributed by atoms with Gasteiger partial charge in [0.2, 0.25) is 11.8 Å². The van der Waals surface area contributed by atoms with Gasteiger partial charge in [0.05, 0.1) is 4.92 Å². The Bertz CT molecular complexity index is 767. The summed E-state index contributed by atoms with van der Waals surface area (Å²) in [6.45, 7) is 1.95. The van der Waals surface area contributed by atoms with Gasteiger partial charge in [-0.15, -0.1) is 0 Å². The van der Waals surface area contributed by atoms with E-state index in [0.29, 0.717) is 12.6 Å². The van der Waals surface area contributed by atoms with Crippen LogP contribution in [0.5, 0.6) is 0 Å². The third kappa shape index (κ3) is 4.06. The summed E-state index contributed by atoms with van der Waals surface area (Å²) in [5.41, 5.74) is -1.98. The number of aromatic nitrogens is 2. The van der Waals surface area contributed by atoms with Gasteiger partial charge in [0, 0.05) is 24.4 Å². The molecule has 7 nitrogen and oxygen atoms in total. The predicted octanol–water partition coefficient (Wildman–Crippen LogP) is 3.72. The van der Waals surface area contributed by atoms with E-state index in [2.05, 4.69) is 20.6 Å². The van der Waals surface area contributed by atoms with Crippen molar-refractivity contribution in [2.45, 2.75) is 13.1 Å². The van der Waals surface area contributed by atoms with Crippen LogP contribution in [-0.2, 0) is 6.18 Å². The van der Waals surface area contributed by atoms with Gasteiger partial charge in [0.25, 0.3) is 0 Å². The molecule has 128 valence electrons. The minimum Gasteiger partial charge on any atom is -0.354 e. The van der Waals surface area contributed by atoms with Crippen LogP contribution in [0.1, 0.15) is 12.6 Å². The molecule has 0 aliphatic rings. The molecule has 1 heterocycles. The monoisotopic (exact) mass is 345 g/mol. The smallest absolute Gasteiger partial charge is 0.354 e. The Hall–Kier alpha value is -2.98. The average molecular weight is 345 g/mol. The van der Waals surface area contributed by atoms with Crippen molar-refractivity contribution in [3.05, 3.63) is 45.9 Å². The summed E-state index contributed by atoms with van der Waals surface area (Å²) in [5.74, 6) is -1.56. The first-order valence-corrected chi connectivity index (χ1v) is 6.62. The summed E-state index contributed by atoms with van der Waals surface area (Å²) in [6, 6.07) is 3.48. The molecule has 0 amide bonds. The molecule has 0 saturated heterocycles. The van der Waals surface area contributed by atoms with E-state index < -0.39 is 28.3 Å². The van der Waals surface area contributed by atoms with Crippen molar-refractivity contribution >= 4 is 23.1 Å². The number of nitrogens with one attached hydrogen (secondary N) is 2. The van der Waals surface area contributed by atoms with E-state index in [9.17, 15) is 27.7 Å². The molecule has 2 N–H and O–H groups in total. The number of nitro groups is 1. The van der Waals surface area contributed by atoms with E-state index in [-0.39, 0.29) is 17.5 Å². The van der Waals surface area contributed by atoms with Crippen LogP contribution >= 0.6 is 0 Å². The van der Waals surface area contributed by atoms with Crippen molar-refractivity contribution in [2.24, 2.45) is 0 Å². The Morgan fingerprint density at radius 2 is 1.96 bits per heavy atom. The van der Waals surface area contributed by atoms with Crippen molar-refractivity contribution in [3.8, 4) is 0 Å². The van der Waals surface area contributed by atoms with Gasteiger partial charge in [-0.2, -0.15) is 22.5 Å². The van der Waals surface area contributed by atoms with Crippen LogP contribution in [0.15, 0.2) is 24.3 Å². The number of nitrogens with zero attached hydrogens (tertiary/aromatic N) is 3. The summed E-state index contributed by atoms with van der Waals surface area (Å²) in [6.07, 6.45) is -4.70. The minimum absolute atomic E-state index is 0.0115. The third-order valence-electron chi connectivity index (χ3n) is 2.77. The van der Waals surface area contributed by atoms with Gasteiger partial charge in [-0.1, -0.05) is 0 Å². The molecule has 0 radical (unpaired) electrons. The van der Waals surface area contributed by atoms with E-state index in [4.69, 9.17) is 0 Å². The predicted molar refractivity (Wildman–Crippen MR) is 77.5 cm³/mol. The van der Waals surface area contributed by atoms with Crippen LogP contribution in [0.2, 0.25) is 0 Å². The summed E-state index contributed by atoms with van der Waals surface area (Å²) in [5, 5.41) is 15.7. The molecule has 0 atom stereocenters. The zero-order chi connectivity index (χ0) is 17.9. The highest BCUT2D eigenvalue weighted by Crippen LogP contribution is 2.31. The quantitative estimate of drug-likeness (QED) is 0.487. The third-order valence-corrected chi connectivity index (χ3v) is 2.77. The van der Waals surface area contributed by atoms with Gasteiger partial charge in [-0.25, -0.2) is 4.98 Å². The molecular formula is C13H11F4N5O2. The Morgan fingerprint density at radius 1 is 1.25 bits per heavy atom. The van der Waals surface area contributed by atoms with Gasteiger partial charge >= 0.3 is 11.9 Å². The maximum absolute atomic E-state index is 13.3. The molecule has 0 aliphatic carbocycles. The minimum atomic E-state index is -4.70. The normalized spacial score (nSPS) is 11.2. The second-order valence-corrected chi connectivity index (χ2v) is 4.54. The molecule has 2 aromatic rings. The lowest BCUT2D eigenvalue weighted by Gasteiger charge is -2.12. The highest BCUT2D eigenvalue weighted by Gasteiger charge is 2.33. The van der Waals surface area contributed by atoms with Crippen molar-refractivity contribution in [3.63, 3.8) is 0 Å². The lowest BCUT2D eigenvalue weighted by atomic mass is 10.2. The molecule has 1 aromatic heterocycles. The van der Waals surface area contributed by atoms with Gasteiger partial charge < -0.3 is 10.6 Å². The summed E-state index contributed by atoms with van der Waals surface area (Å²) < 4.78 is 51.9. The standard InChI is InChI=1S/C13H11F4N5O2/c1-2-18-12-20-10(13(15,16)17)6-11(21-12)19-7-3-4-8(14)9(5-7)22(23)24/h3-6H,2H2,1H3,(H2,18,19,20,21). The number of nitro benzene ring substituents is 1. The van der Waals surface area contributed by atoms with Crippen LogP contribution < -0.4 is 10.6 Å². The van der Waals surface area contributed by atoms with E-state index in [0.717, 1.165) is 18.2 Å². The van der Waals surface area contributed by atoms with Crippen molar-refractivity contribution < 1.29 is 22.5 Å². The molecule has 1 aromatic carbocycles. The number of halogens is 4. The van der Waals surface area contributed by atoms with Crippen molar-refractivity contribution in [1.29, 1.82) is 0 Å². The molecule has 0 saturated carbocycles. The SMILES string of the molecule is CCNc1nc(Nc2ccc(F)c([N+](=O)[O-])c2)cc(C(F)(F)F)n1. The lowest BCUT2D eigenvalue weighted by molar-refractivity contribution is -0.387. The van der Waals surface area contributed by atoms with Gasteiger partial charge in [0.1, 0.15) is 5.82 Å². The first-order valence-electron chi connectivity index (χ1n) is 6.62. The first kappa shape index (κ1) is 17.4. The molecular weight excluding hydrogens is 334 g/mol. The topological polar surface area (TPSA) is 93.0 Å². The van der Waals surface area contributed by atoms with Crippen LogP contribution in [-0.4, -0.2) is 21.4 Å². The summed E-state index contributed by atoms with van der Waals surface area (Å²) in [4.78, 5) is 16.9. The number of rotatable bonds is 5. The van der Waals surface area contributed by atoms with Gasteiger partial charge in [0.15, 0.2) is 5.69 Å². The number of hydrogen-bond donors (Lipinski definition) is 2. The van der Waals surface area contributed by atoms with Crippen LogP contribution in [0.4, 0.5) is 40.7 Å². The largest absolute Gasteiger partial charge is 0.433 e. The van der Waals surface area contributed by atoms with Crippen molar-refractivity contribution in [1.82, 2.24) is 9.97 Å². The summed E-state index contributed by atoms with van der Waals surface area (Å²) in [7, 11) is 0. The molecule has 0 unspecified atom stereocenters. The number of alkyl halides is 3. The molecule has 0 bridgehead atoms. The highest BCUT2D eigenvalue weighted by molar-refractivity contribution is 5.61. The number of anilines is 3. The highest BCUT2D eigenvalue weighted by atomic mass is 19.4. The van der Waals surface area contributed by atoms with E-state index in [1.54, 1.807) is 6.92 Å². The Labute approximate surface area is 132 Å². The second kappa shape index (κ2) is 6.64. The zero-order valence-electron chi connectivity index (χ0n) is 12.2. The molecule has 0 spiro atoms. The second-order valence-electron chi connectivity index (χ2n) is 4.54. The fourth-order valence-corrected chi connectivity index (χ4v) is 1.77. The van der Waals surface area contributed by atoms with E-state index >= 15 is 0 Å². The Balaban J connectivity index is 2.40. The average Bonchev–Trinajstić information content (AvgIpc) is 2.48. The fraction of sp³-hybridized carbons (Fsp3) is 0.231. The van der Waals surface area contributed by atoms with Crippen LogP contribution in [0.3, 0.4) is 0 Å². The first-order chi connectivity index (χ1) is 11.2. The maximum Gasteiger partial charge on any atom is 0.433 e. The van der Waals surface area contributed by atoms with Gasteiger partial charge in [-0.05, 0) is 19.1 Å². The van der Waals surface area contributed by atoms with Crippen LogP contribution in [0, 0.1) is 15.9 Å². The van der Waals surface area contributed by atoms with E-state index in [1.165, 1.54) is 0 Å². The van der Waals surface area contributed by atoms with Crippen molar-refractivity contribution in [2.75, 3.05) is 17.2 Å². The Kier molecular flexibility index (Phi) is 4.81. The molecule has 24 heavy (non-hydrogen) atoms. The molecule has 0 fully saturated rings. The number of hydrogen-bond acceptors (Lipinski definition) is 6.